The molecule has 1 aromatic carbocycles. The molecule has 0 spiro atoms. The van der Waals surface area contributed by atoms with Crippen LogP contribution in [0.5, 0.6) is 0 Å². The number of hydrogen-bond donors (Lipinski definition) is 1. The Morgan fingerprint density at radius 1 is 1.14 bits per heavy atom. The quantitative estimate of drug-likeness (QED) is 0.917. The molecular formula is C17H25F2NO. The molecule has 1 fully saturated rings. The van der Waals surface area contributed by atoms with Crippen LogP contribution in [-0.4, -0.2) is 18.8 Å². The topological polar surface area (TPSA) is 35.2 Å². The fourth-order valence-corrected chi connectivity index (χ4v) is 3.21. The summed E-state index contributed by atoms with van der Waals surface area (Å²) in [7, 11) is 1.65. The van der Waals surface area contributed by atoms with Crippen LogP contribution in [0.15, 0.2) is 18.2 Å². The molecule has 0 aromatic heterocycles. The fraction of sp³-hybridized carbons (Fsp3) is 0.647. The minimum atomic E-state index is -0.534. The van der Waals surface area contributed by atoms with E-state index in [2.05, 4.69) is 13.8 Å². The number of benzene rings is 1. The van der Waals surface area contributed by atoms with Crippen molar-refractivity contribution >= 4 is 0 Å². The summed E-state index contributed by atoms with van der Waals surface area (Å²) in [5.41, 5.74) is 6.16. The molecule has 2 nitrogen and oxygen atoms in total. The molecule has 21 heavy (non-hydrogen) atoms. The SMILES string of the molecule is COC1(C(N)Cc2c(F)cccc2F)CCC(C)(C)CC1. The smallest absolute Gasteiger partial charge is 0.129 e. The molecule has 1 atom stereocenters. The van der Waals surface area contributed by atoms with Crippen molar-refractivity contribution in [3.05, 3.63) is 35.4 Å². The predicted molar refractivity (Wildman–Crippen MR) is 80.0 cm³/mol. The predicted octanol–water partition coefficient (Wildman–Crippen LogP) is 3.82. The van der Waals surface area contributed by atoms with Gasteiger partial charge in [-0.3, -0.25) is 0 Å². The maximum atomic E-state index is 13.8. The molecular weight excluding hydrogens is 272 g/mol. The Labute approximate surface area is 125 Å². The minimum absolute atomic E-state index is 0.0614. The molecule has 1 saturated carbocycles. The Balaban J connectivity index is 2.16. The van der Waals surface area contributed by atoms with Gasteiger partial charge in [-0.15, -0.1) is 0 Å². The normalized spacial score (nSPS) is 22.0. The largest absolute Gasteiger partial charge is 0.377 e. The van der Waals surface area contributed by atoms with Crippen LogP contribution in [0.25, 0.3) is 0 Å². The molecule has 1 aromatic rings. The molecule has 0 radical (unpaired) electrons. The van der Waals surface area contributed by atoms with Gasteiger partial charge in [-0.2, -0.15) is 0 Å². The molecule has 118 valence electrons. The third-order valence-corrected chi connectivity index (χ3v) is 5.02. The van der Waals surface area contributed by atoms with E-state index in [4.69, 9.17) is 10.5 Å². The molecule has 0 aliphatic heterocycles. The van der Waals surface area contributed by atoms with Crippen molar-refractivity contribution in [1.29, 1.82) is 0 Å². The summed E-state index contributed by atoms with van der Waals surface area (Å²) in [6.07, 6.45) is 3.83. The highest BCUT2D eigenvalue weighted by Gasteiger charge is 2.43. The van der Waals surface area contributed by atoms with E-state index < -0.39 is 23.3 Å². The van der Waals surface area contributed by atoms with Crippen LogP contribution >= 0.6 is 0 Å². The van der Waals surface area contributed by atoms with Gasteiger partial charge < -0.3 is 10.5 Å². The maximum Gasteiger partial charge on any atom is 0.129 e. The minimum Gasteiger partial charge on any atom is -0.377 e. The van der Waals surface area contributed by atoms with Crippen LogP contribution in [-0.2, 0) is 11.2 Å². The van der Waals surface area contributed by atoms with E-state index in [9.17, 15) is 8.78 Å². The third-order valence-electron chi connectivity index (χ3n) is 5.02. The molecule has 0 saturated heterocycles. The lowest BCUT2D eigenvalue weighted by Crippen LogP contribution is -2.53. The molecule has 1 aliphatic rings. The molecule has 0 amide bonds. The molecule has 4 heteroatoms. The second-order valence-corrected chi connectivity index (χ2v) is 6.94. The lowest BCUT2D eigenvalue weighted by Gasteiger charge is -2.46. The highest BCUT2D eigenvalue weighted by atomic mass is 19.1. The second kappa shape index (κ2) is 6.01. The summed E-state index contributed by atoms with van der Waals surface area (Å²) in [6, 6.07) is 3.50. The molecule has 2 rings (SSSR count). The summed E-state index contributed by atoms with van der Waals surface area (Å²) in [6.45, 7) is 4.46. The van der Waals surface area contributed by atoms with Gasteiger partial charge in [-0.25, -0.2) is 8.78 Å². The van der Waals surface area contributed by atoms with Crippen molar-refractivity contribution < 1.29 is 13.5 Å². The molecule has 1 unspecified atom stereocenters. The molecule has 0 bridgehead atoms. The summed E-state index contributed by atoms with van der Waals surface area (Å²) in [5.74, 6) is -1.07. The Kier molecular flexibility index (Phi) is 4.69. The zero-order chi connectivity index (χ0) is 15.7. The van der Waals surface area contributed by atoms with Crippen LogP contribution < -0.4 is 5.73 Å². The van der Waals surface area contributed by atoms with Gasteiger partial charge in [0, 0.05) is 18.7 Å². The Morgan fingerprint density at radius 3 is 2.14 bits per heavy atom. The van der Waals surface area contributed by atoms with Gasteiger partial charge in [0.25, 0.3) is 0 Å². The van der Waals surface area contributed by atoms with Gasteiger partial charge in [0.15, 0.2) is 0 Å². The van der Waals surface area contributed by atoms with Gasteiger partial charge >= 0.3 is 0 Å². The zero-order valence-corrected chi connectivity index (χ0v) is 13.1. The number of nitrogens with two attached hydrogens (primary N) is 1. The van der Waals surface area contributed by atoms with E-state index in [1.54, 1.807) is 7.11 Å². The Morgan fingerprint density at radius 2 is 1.67 bits per heavy atom. The van der Waals surface area contributed by atoms with Crippen LogP contribution in [0.2, 0.25) is 0 Å². The first kappa shape index (κ1) is 16.4. The van der Waals surface area contributed by atoms with Crippen molar-refractivity contribution in [3.63, 3.8) is 0 Å². The van der Waals surface area contributed by atoms with E-state index in [1.165, 1.54) is 18.2 Å². The van der Waals surface area contributed by atoms with E-state index in [0.717, 1.165) is 25.7 Å². The summed E-state index contributed by atoms with van der Waals surface area (Å²) >= 11 is 0. The van der Waals surface area contributed by atoms with E-state index in [0.29, 0.717) is 0 Å². The third kappa shape index (κ3) is 3.43. The van der Waals surface area contributed by atoms with Gasteiger partial charge in [0.2, 0.25) is 0 Å². The fourth-order valence-electron chi connectivity index (χ4n) is 3.21. The van der Waals surface area contributed by atoms with Crippen molar-refractivity contribution in [2.75, 3.05) is 7.11 Å². The van der Waals surface area contributed by atoms with Crippen LogP contribution in [0.1, 0.15) is 45.1 Å². The van der Waals surface area contributed by atoms with Crippen LogP contribution in [0.4, 0.5) is 8.78 Å². The van der Waals surface area contributed by atoms with E-state index in [-0.39, 0.29) is 17.4 Å². The van der Waals surface area contributed by atoms with E-state index in [1.807, 2.05) is 0 Å². The number of hydrogen-bond acceptors (Lipinski definition) is 2. The maximum absolute atomic E-state index is 13.8. The van der Waals surface area contributed by atoms with Gasteiger partial charge in [-0.05, 0) is 49.7 Å². The van der Waals surface area contributed by atoms with Crippen molar-refractivity contribution in [2.45, 2.75) is 57.6 Å². The van der Waals surface area contributed by atoms with Crippen molar-refractivity contribution in [1.82, 2.24) is 0 Å². The lowest BCUT2D eigenvalue weighted by molar-refractivity contribution is -0.0783. The Hall–Kier alpha value is -1.00. The number of halogens is 2. The molecule has 1 aliphatic carbocycles. The summed E-state index contributed by atoms with van der Waals surface area (Å²) < 4.78 is 33.3. The number of methoxy groups -OCH3 is 1. The average molecular weight is 297 g/mol. The van der Waals surface area contributed by atoms with Crippen LogP contribution in [0, 0.1) is 17.0 Å². The summed E-state index contributed by atoms with van der Waals surface area (Å²) in [4.78, 5) is 0. The first-order valence-electron chi connectivity index (χ1n) is 7.53. The average Bonchev–Trinajstić information content (AvgIpc) is 2.43. The summed E-state index contributed by atoms with van der Waals surface area (Å²) in [5, 5.41) is 0. The molecule has 2 N–H and O–H groups in total. The van der Waals surface area contributed by atoms with Gasteiger partial charge in [-0.1, -0.05) is 19.9 Å². The first-order chi connectivity index (χ1) is 9.80. The number of rotatable bonds is 4. The second-order valence-electron chi connectivity index (χ2n) is 6.94. The highest BCUT2D eigenvalue weighted by Crippen LogP contribution is 2.43. The lowest BCUT2D eigenvalue weighted by atomic mass is 9.68. The number of ether oxygens (including phenoxy) is 1. The van der Waals surface area contributed by atoms with Gasteiger partial charge in [0.05, 0.1) is 5.60 Å². The van der Waals surface area contributed by atoms with Crippen molar-refractivity contribution in [2.24, 2.45) is 11.1 Å². The first-order valence-corrected chi connectivity index (χ1v) is 7.53. The van der Waals surface area contributed by atoms with E-state index >= 15 is 0 Å². The van der Waals surface area contributed by atoms with Gasteiger partial charge in [0.1, 0.15) is 11.6 Å². The van der Waals surface area contributed by atoms with Crippen molar-refractivity contribution in [3.8, 4) is 0 Å². The zero-order valence-electron chi connectivity index (χ0n) is 13.1. The molecule has 0 heterocycles. The highest BCUT2D eigenvalue weighted by molar-refractivity contribution is 5.21. The standard InChI is InChI=1S/C17H25F2NO/c1-16(2)7-9-17(21-3,10-8-16)15(20)11-12-13(18)5-4-6-14(12)19/h4-6,15H,7-11,20H2,1-3H3. The monoisotopic (exact) mass is 297 g/mol. The van der Waals surface area contributed by atoms with Crippen LogP contribution in [0.3, 0.4) is 0 Å². The Bertz CT molecular complexity index is 471.